The van der Waals surface area contributed by atoms with Gasteiger partial charge in [0, 0.05) is 35.6 Å². The van der Waals surface area contributed by atoms with Gasteiger partial charge in [-0.3, -0.25) is 4.98 Å². The van der Waals surface area contributed by atoms with Crippen molar-refractivity contribution in [3.05, 3.63) is 41.0 Å². The van der Waals surface area contributed by atoms with Crippen LogP contribution in [0.2, 0.25) is 0 Å². The summed E-state index contributed by atoms with van der Waals surface area (Å²) >= 11 is 0. The Morgan fingerprint density at radius 3 is 2.32 bits per heavy atom. The number of methoxy groups -OCH3 is 1. The molecular weight excluding hydrogens is 435 g/mol. The Hall–Kier alpha value is -2.67. The van der Waals surface area contributed by atoms with Gasteiger partial charge in [0.25, 0.3) is 0 Å². The number of aryl methyl sites for hydroxylation is 2. The van der Waals surface area contributed by atoms with Crippen LogP contribution in [-0.2, 0) is 9.53 Å². The number of aliphatic carboxylic acids is 1. The van der Waals surface area contributed by atoms with E-state index in [4.69, 9.17) is 14.5 Å². The third-order valence-electron chi connectivity index (χ3n) is 6.41. The van der Waals surface area contributed by atoms with Gasteiger partial charge in [-0.2, -0.15) is 0 Å². The summed E-state index contributed by atoms with van der Waals surface area (Å²) in [5.74, 6) is -1.39. The molecule has 1 fully saturated rings. The molecule has 34 heavy (non-hydrogen) atoms. The molecule has 2 heterocycles. The second-order valence-corrected chi connectivity index (χ2v) is 10.9. The number of carboxylic acids is 1. The molecule has 0 saturated carbocycles. The molecule has 0 radical (unpaired) electrons. The summed E-state index contributed by atoms with van der Waals surface area (Å²) in [4.78, 5) is 19.5. The van der Waals surface area contributed by atoms with Crippen LogP contribution in [0.25, 0.3) is 11.1 Å². The first kappa shape index (κ1) is 25.9. The molecule has 1 atom stereocenters. The van der Waals surface area contributed by atoms with Gasteiger partial charge in [0.05, 0.1) is 18.4 Å². The van der Waals surface area contributed by atoms with Gasteiger partial charge in [0.15, 0.2) is 17.7 Å². The van der Waals surface area contributed by atoms with Crippen LogP contribution in [0.15, 0.2) is 18.2 Å². The largest absolute Gasteiger partial charge is 0.494 e. The molecule has 1 saturated heterocycles. The summed E-state index contributed by atoms with van der Waals surface area (Å²) in [6, 6.07) is 4.71. The standard InChI is InChI=1S/C27H37FN2O4/c1-16-21(18-9-10-19(28)20(15-18)33-8)23(30-13-11-27(6,7)12-14-30)22(17(2)29-16)24(25(31)32)34-26(3,4)5/h9-10,15,24H,11-14H2,1-8H3,(H,31,32)/t24-/m0/s1. The normalized spacial score (nSPS) is 16.9. The number of hydrogen-bond donors (Lipinski definition) is 1. The van der Waals surface area contributed by atoms with Gasteiger partial charge in [-0.15, -0.1) is 0 Å². The monoisotopic (exact) mass is 472 g/mol. The van der Waals surface area contributed by atoms with E-state index in [-0.39, 0.29) is 11.2 Å². The lowest BCUT2D eigenvalue weighted by atomic mass is 9.81. The molecule has 186 valence electrons. The second-order valence-electron chi connectivity index (χ2n) is 10.9. The molecule has 1 aliphatic heterocycles. The smallest absolute Gasteiger partial charge is 0.337 e. The maximum absolute atomic E-state index is 14.2. The lowest BCUT2D eigenvalue weighted by Gasteiger charge is -2.41. The number of carboxylic acid groups (broad SMARTS) is 1. The molecule has 7 heteroatoms. The zero-order valence-corrected chi connectivity index (χ0v) is 21.6. The third-order valence-corrected chi connectivity index (χ3v) is 6.41. The molecular formula is C27H37FN2O4. The molecule has 0 aliphatic carbocycles. The predicted octanol–water partition coefficient (Wildman–Crippen LogP) is 6.08. The number of ether oxygens (including phenoxy) is 2. The van der Waals surface area contributed by atoms with E-state index in [0.29, 0.717) is 11.3 Å². The maximum Gasteiger partial charge on any atom is 0.337 e. The van der Waals surface area contributed by atoms with E-state index in [2.05, 4.69) is 18.7 Å². The van der Waals surface area contributed by atoms with Crippen molar-refractivity contribution in [2.24, 2.45) is 5.41 Å². The molecule has 0 unspecified atom stereocenters. The van der Waals surface area contributed by atoms with Crippen molar-refractivity contribution < 1.29 is 23.8 Å². The van der Waals surface area contributed by atoms with Gasteiger partial charge in [0.1, 0.15) is 0 Å². The van der Waals surface area contributed by atoms with Crippen LogP contribution in [0, 0.1) is 25.1 Å². The summed E-state index contributed by atoms with van der Waals surface area (Å²) in [6.45, 7) is 15.3. The highest BCUT2D eigenvalue weighted by molar-refractivity contribution is 5.88. The SMILES string of the molecule is COc1cc(-c2c(C)nc(C)c([C@H](OC(C)(C)C)C(=O)O)c2N2CCC(C)(C)CC2)ccc1F. The number of rotatable bonds is 6. The Morgan fingerprint density at radius 2 is 1.79 bits per heavy atom. The Labute approximate surface area is 202 Å². The molecule has 0 bridgehead atoms. The van der Waals surface area contributed by atoms with E-state index in [1.165, 1.54) is 13.2 Å². The van der Waals surface area contributed by atoms with Crippen molar-refractivity contribution in [2.75, 3.05) is 25.1 Å². The third kappa shape index (κ3) is 5.52. The van der Waals surface area contributed by atoms with Crippen LogP contribution < -0.4 is 9.64 Å². The van der Waals surface area contributed by atoms with Crippen LogP contribution in [0.1, 0.15) is 70.5 Å². The molecule has 0 spiro atoms. The number of piperidine rings is 1. The molecule has 1 aromatic heterocycles. The Bertz CT molecular complexity index is 1070. The summed E-state index contributed by atoms with van der Waals surface area (Å²) in [5, 5.41) is 10.2. The van der Waals surface area contributed by atoms with Crippen molar-refractivity contribution >= 4 is 11.7 Å². The topological polar surface area (TPSA) is 71.9 Å². The van der Waals surface area contributed by atoms with Crippen LogP contribution in [0.5, 0.6) is 5.75 Å². The van der Waals surface area contributed by atoms with Crippen LogP contribution >= 0.6 is 0 Å². The molecule has 2 aromatic rings. The lowest BCUT2D eigenvalue weighted by molar-refractivity contribution is -0.160. The van der Waals surface area contributed by atoms with Crippen molar-refractivity contribution in [1.29, 1.82) is 0 Å². The summed E-state index contributed by atoms with van der Waals surface area (Å²) < 4.78 is 25.6. The number of halogens is 1. The van der Waals surface area contributed by atoms with Gasteiger partial charge in [0.2, 0.25) is 0 Å². The zero-order valence-electron chi connectivity index (χ0n) is 21.6. The first-order valence-electron chi connectivity index (χ1n) is 11.7. The fraction of sp³-hybridized carbons (Fsp3) is 0.556. The van der Waals surface area contributed by atoms with Crippen molar-refractivity contribution in [3.63, 3.8) is 0 Å². The zero-order chi connectivity index (χ0) is 25.4. The number of benzene rings is 1. The van der Waals surface area contributed by atoms with E-state index < -0.39 is 23.5 Å². The highest BCUT2D eigenvalue weighted by Crippen LogP contribution is 2.45. The van der Waals surface area contributed by atoms with Crippen LogP contribution in [0.4, 0.5) is 10.1 Å². The number of anilines is 1. The lowest BCUT2D eigenvalue weighted by Crippen LogP contribution is -2.39. The average molecular weight is 473 g/mol. The number of carbonyl (C=O) groups is 1. The molecule has 6 nitrogen and oxygen atoms in total. The van der Waals surface area contributed by atoms with Gasteiger partial charge >= 0.3 is 5.97 Å². The minimum absolute atomic E-state index is 0.130. The van der Waals surface area contributed by atoms with Gasteiger partial charge in [-0.25, -0.2) is 9.18 Å². The average Bonchev–Trinajstić information content (AvgIpc) is 2.72. The minimum atomic E-state index is -1.20. The van der Waals surface area contributed by atoms with E-state index in [1.807, 2.05) is 34.6 Å². The van der Waals surface area contributed by atoms with Gasteiger partial charge in [-0.05, 0) is 70.6 Å². The summed E-state index contributed by atoms with van der Waals surface area (Å²) in [6.07, 6.45) is 0.743. The van der Waals surface area contributed by atoms with E-state index in [9.17, 15) is 14.3 Å². The summed E-state index contributed by atoms with van der Waals surface area (Å²) in [7, 11) is 1.43. The number of hydrogen-bond acceptors (Lipinski definition) is 5. The molecule has 0 amide bonds. The van der Waals surface area contributed by atoms with E-state index in [1.54, 1.807) is 12.1 Å². The van der Waals surface area contributed by atoms with E-state index >= 15 is 0 Å². The van der Waals surface area contributed by atoms with Crippen molar-refractivity contribution in [1.82, 2.24) is 4.98 Å². The predicted molar refractivity (Wildman–Crippen MR) is 132 cm³/mol. The molecule has 3 rings (SSSR count). The molecule has 1 aromatic carbocycles. The first-order chi connectivity index (χ1) is 15.7. The van der Waals surface area contributed by atoms with Crippen LogP contribution in [0.3, 0.4) is 0 Å². The second kappa shape index (κ2) is 9.53. The van der Waals surface area contributed by atoms with Crippen LogP contribution in [-0.4, -0.2) is 41.9 Å². The number of nitrogens with zero attached hydrogens (tertiary/aromatic N) is 2. The summed E-state index contributed by atoms with van der Waals surface area (Å²) in [5.41, 5.74) is 3.74. The molecule has 1 aliphatic rings. The van der Waals surface area contributed by atoms with Gasteiger partial charge < -0.3 is 19.5 Å². The number of aromatic nitrogens is 1. The Balaban J connectivity index is 2.33. The highest BCUT2D eigenvalue weighted by atomic mass is 19.1. The quantitative estimate of drug-likeness (QED) is 0.549. The fourth-order valence-electron chi connectivity index (χ4n) is 4.57. The first-order valence-corrected chi connectivity index (χ1v) is 11.7. The highest BCUT2D eigenvalue weighted by Gasteiger charge is 2.36. The van der Waals surface area contributed by atoms with Crippen molar-refractivity contribution in [2.45, 2.75) is 73.0 Å². The minimum Gasteiger partial charge on any atom is -0.494 e. The number of pyridine rings is 1. The maximum atomic E-state index is 14.2. The van der Waals surface area contributed by atoms with Crippen molar-refractivity contribution in [3.8, 4) is 16.9 Å². The molecule has 1 N–H and O–H groups in total. The van der Waals surface area contributed by atoms with E-state index in [0.717, 1.165) is 48.4 Å². The van der Waals surface area contributed by atoms with Gasteiger partial charge in [-0.1, -0.05) is 19.9 Å². The Kier molecular flexibility index (Phi) is 7.27. The fourth-order valence-corrected chi connectivity index (χ4v) is 4.57. The Morgan fingerprint density at radius 1 is 1.18 bits per heavy atom.